The van der Waals surface area contributed by atoms with Crippen LogP contribution in [0.4, 0.5) is 6.01 Å². The standard InChI is InChI=1S/C18H17N3O3/c1-3-23-15-10-5-4-9-14(15)17-20-21-18(24-17)19-16(22)13-8-6-7-12(2)11-13/h4-11H,3H2,1-2H3,(H,19,21,22). The summed E-state index contributed by atoms with van der Waals surface area (Å²) in [4.78, 5) is 12.2. The van der Waals surface area contributed by atoms with Gasteiger partial charge in [0.25, 0.3) is 11.8 Å². The van der Waals surface area contributed by atoms with Crippen molar-refractivity contribution in [2.24, 2.45) is 0 Å². The van der Waals surface area contributed by atoms with Crippen LogP contribution < -0.4 is 10.1 Å². The first-order valence-electron chi connectivity index (χ1n) is 7.61. The summed E-state index contributed by atoms with van der Waals surface area (Å²) < 4.78 is 11.1. The van der Waals surface area contributed by atoms with E-state index in [-0.39, 0.29) is 11.9 Å². The number of nitrogens with zero attached hydrogens (tertiary/aromatic N) is 2. The van der Waals surface area contributed by atoms with E-state index >= 15 is 0 Å². The topological polar surface area (TPSA) is 77.3 Å². The highest BCUT2D eigenvalue weighted by Gasteiger charge is 2.15. The lowest BCUT2D eigenvalue weighted by molar-refractivity contribution is 0.102. The molecule has 6 heteroatoms. The number of aryl methyl sites for hydroxylation is 1. The fraction of sp³-hybridized carbons (Fsp3) is 0.167. The Kier molecular flexibility index (Phi) is 4.56. The number of amides is 1. The molecule has 0 saturated carbocycles. The van der Waals surface area contributed by atoms with Crippen molar-refractivity contribution in [1.82, 2.24) is 10.2 Å². The molecular formula is C18H17N3O3. The van der Waals surface area contributed by atoms with Crippen LogP contribution in [0, 0.1) is 6.92 Å². The Hall–Kier alpha value is -3.15. The number of carbonyl (C=O) groups is 1. The van der Waals surface area contributed by atoms with Crippen molar-refractivity contribution in [2.45, 2.75) is 13.8 Å². The van der Waals surface area contributed by atoms with Gasteiger partial charge in [0.2, 0.25) is 0 Å². The zero-order valence-electron chi connectivity index (χ0n) is 13.4. The number of benzene rings is 2. The van der Waals surface area contributed by atoms with Crippen LogP contribution in [0.1, 0.15) is 22.8 Å². The molecule has 0 aliphatic carbocycles. The van der Waals surface area contributed by atoms with Gasteiger partial charge in [-0.1, -0.05) is 34.9 Å². The fourth-order valence-corrected chi connectivity index (χ4v) is 2.26. The first-order chi connectivity index (χ1) is 11.7. The van der Waals surface area contributed by atoms with E-state index in [0.29, 0.717) is 29.4 Å². The molecule has 3 rings (SSSR count). The molecule has 0 fully saturated rings. The number of aromatic nitrogens is 2. The highest BCUT2D eigenvalue weighted by atomic mass is 16.5. The van der Waals surface area contributed by atoms with Crippen molar-refractivity contribution < 1.29 is 13.9 Å². The number of para-hydroxylation sites is 1. The number of hydrogen-bond donors (Lipinski definition) is 1. The highest BCUT2D eigenvalue weighted by Crippen LogP contribution is 2.29. The SMILES string of the molecule is CCOc1ccccc1-c1nnc(NC(=O)c2cccc(C)c2)o1. The van der Waals surface area contributed by atoms with Gasteiger partial charge in [-0.05, 0) is 38.1 Å². The van der Waals surface area contributed by atoms with Gasteiger partial charge < -0.3 is 9.15 Å². The van der Waals surface area contributed by atoms with E-state index in [2.05, 4.69) is 15.5 Å². The zero-order valence-corrected chi connectivity index (χ0v) is 13.4. The fourth-order valence-electron chi connectivity index (χ4n) is 2.26. The van der Waals surface area contributed by atoms with Crippen LogP contribution in [0.3, 0.4) is 0 Å². The minimum absolute atomic E-state index is 0.0443. The van der Waals surface area contributed by atoms with E-state index in [1.807, 2.05) is 50.2 Å². The number of nitrogens with one attached hydrogen (secondary N) is 1. The van der Waals surface area contributed by atoms with Gasteiger partial charge in [0.15, 0.2) is 0 Å². The summed E-state index contributed by atoms with van der Waals surface area (Å²) in [6.07, 6.45) is 0. The third-order valence-electron chi connectivity index (χ3n) is 3.34. The molecule has 0 atom stereocenters. The predicted octanol–water partition coefficient (Wildman–Crippen LogP) is 3.70. The molecule has 0 radical (unpaired) electrons. The second-order valence-corrected chi connectivity index (χ2v) is 5.17. The molecule has 2 aromatic carbocycles. The molecular weight excluding hydrogens is 306 g/mol. The highest BCUT2D eigenvalue weighted by molar-refractivity contribution is 6.03. The normalized spacial score (nSPS) is 10.4. The molecule has 0 spiro atoms. The maximum atomic E-state index is 12.2. The lowest BCUT2D eigenvalue weighted by Gasteiger charge is -2.06. The molecule has 1 amide bonds. The second-order valence-electron chi connectivity index (χ2n) is 5.17. The zero-order chi connectivity index (χ0) is 16.9. The van der Waals surface area contributed by atoms with Crippen molar-refractivity contribution in [3.05, 3.63) is 59.7 Å². The van der Waals surface area contributed by atoms with Crippen molar-refractivity contribution in [3.8, 4) is 17.2 Å². The molecule has 1 N–H and O–H groups in total. The minimum Gasteiger partial charge on any atom is -0.493 e. The molecule has 24 heavy (non-hydrogen) atoms. The Morgan fingerprint density at radius 1 is 1.17 bits per heavy atom. The third kappa shape index (κ3) is 3.43. The molecule has 1 aromatic heterocycles. The van der Waals surface area contributed by atoms with E-state index < -0.39 is 0 Å². The van der Waals surface area contributed by atoms with E-state index in [1.54, 1.807) is 12.1 Å². The molecule has 0 bridgehead atoms. The van der Waals surface area contributed by atoms with Crippen molar-refractivity contribution in [2.75, 3.05) is 11.9 Å². The molecule has 1 heterocycles. The van der Waals surface area contributed by atoms with Gasteiger partial charge in [0, 0.05) is 5.56 Å². The van der Waals surface area contributed by atoms with Crippen LogP contribution >= 0.6 is 0 Å². The maximum absolute atomic E-state index is 12.2. The van der Waals surface area contributed by atoms with Crippen LogP contribution in [0.2, 0.25) is 0 Å². The van der Waals surface area contributed by atoms with Crippen LogP contribution in [0.5, 0.6) is 5.75 Å². The molecule has 122 valence electrons. The molecule has 6 nitrogen and oxygen atoms in total. The lowest BCUT2D eigenvalue weighted by atomic mass is 10.1. The van der Waals surface area contributed by atoms with Crippen LogP contribution in [-0.4, -0.2) is 22.7 Å². The number of hydrogen-bond acceptors (Lipinski definition) is 5. The van der Waals surface area contributed by atoms with E-state index in [4.69, 9.17) is 9.15 Å². The van der Waals surface area contributed by atoms with Crippen LogP contribution in [-0.2, 0) is 0 Å². The molecule has 3 aromatic rings. The summed E-state index contributed by atoms with van der Waals surface area (Å²) in [7, 11) is 0. The average Bonchev–Trinajstić information content (AvgIpc) is 3.04. The number of ether oxygens (including phenoxy) is 1. The van der Waals surface area contributed by atoms with E-state index in [0.717, 1.165) is 5.56 Å². The van der Waals surface area contributed by atoms with Gasteiger partial charge in [0.1, 0.15) is 5.75 Å². The minimum atomic E-state index is -0.299. The largest absolute Gasteiger partial charge is 0.493 e. The summed E-state index contributed by atoms with van der Waals surface area (Å²) in [6.45, 7) is 4.35. The maximum Gasteiger partial charge on any atom is 0.322 e. The van der Waals surface area contributed by atoms with Crippen LogP contribution in [0.15, 0.2) is 52.9 Å². The Morgan fingerprint density at radius 3 is 2.79 bits per heavy atom. The summed E-state index contributed by atoms with van der Waals surface area (Å²) in [5.74, 6) is 0.644. The molecule has 0 aliphatic heterocycles. The average molecular weight is 323 g/mol. The van der Waals surface area contributed by atoms with Crippen molar-refractivity contribution in [1.29, 1.82) is 0 Å². The first-order valence-corrected chi connectivity index (χ1v) is 7.61. The van der Waals surface area contributed by atoms with E-state index in [1.165, 1.54) is 0 Å². The second kappa shape index (κ2) is 6.95. The van der Waals surface area contributed by atoms with Gasteiger partial charge in [0.05, 0.1) is 12.2 Å². The smallest absolute Gasteiger partial charge is 0.322 e. The first kappa shape index (κ1) is 15.7. The Bertz CT molecular complexity index is 858. The molecule has 0 unspecified atom stereocenters. The summed E-state index contributed by atoms with van der Waals surface area (Å²) >= 11 is 0. The van der Waals surface area contributed by atoms with Gasteiger partial charge >= 0.3 is 6.01 Å². The van der Waals surface area contributed by atoms with Gasteiger partial charge in [-0.3, -0.25) is 10.1 Å². The summed E-state index contributed by atoms with van der Waals surface area (Å²) in [5, 5.41) is 10.5. The Balaban J connectivity index is 1.80. The molecule has 0 saturated heterocycles. The number of carbonyl (C=O) groups excluding carboxylic acids is 1. The van der Waals surface area contributed by atoms with Gasteiger partial charge in [-0.15, -0.1) is 5.10 Å². The predicted molar refractivity (Wildman–Crippen MR) is 90.0 cm³/mol. The van der Waals surface area contributed by atoms with Crippen molar-refractivity contribution in [3.63, 3.8) is 0 Å². The monoisotopic (exact) mass is 323 g/mol. The van der Waals surface area contributed by atoms with E-state index in [9.17, 15) is 4.79 Å². The number of rotatable bonds is 5. The van der Waals surface area contributed by atoms with Crippen LogP contribution in [0.25, 0.3) is 11.5 Å². The Labute approximate surface area is 139 Å². The summed E-state index contributed by atoms with van der Waals surface area (Å²) in [5.41, 5.74) is 2.21. The summed E-state index contributed by atoms with van der Waals surface area (Å²) in [6, 6.07) is 14.7. The van der Waals surface area contributed by atoms with Crippen molar-refractivity contribution >= 4 is 11.9 Å². The quantitative estimate of drug-likeness (QED) is 0.774. The Morgan fingerprint density at radius 2 is 2.00 bits per heavy atom. The van der Waals surface area contributed by atoms with Gasteiger partial charge in [-0.2, -0.15) is 0 Å². The molecule has 0 aliphatic rings. The number of anilines is 1. The van der Waals surface area contributed by atoms with Gasteiger partial charge in [-0.25, -0.2) is 0 Å². The third-order valence-corrected chi connectivity index (χ3v) is 3.34. The lowest BCUT2D eigenvalue weighted by Crippen LogP contribution is -2.12.